The summed E-state index contributed by atoms with van der Waals surface area (Å²) in [7, 11) is 0. The van der Waals surface area contributed by atoms with Gasteiger partial charge in [-0.25, -0.2) is 0 Å². The fraction of sp³-hybridized carbons (Fsp3) is 0.593. The lowest BCUT2D eigenvalue weighted by atomic mass is 10.1. The molecule has 0 aromatic heterocycles. The maximum atomic E-state index is 12.3. The van der Waals surface area contributed by atoms with Crippen molar-refractivity contribution in [1.82, 2.24) is 0 Å². The molecule has 1 atom stereocenters. The number of hydrogen-bond donors (Lipinski definition) is 1. The highest BCUT2D eigenvalue weighted by Gasteiger charge is 2.16. The second-order valence-corrected chi connectivity index (χ2v) is 16.5. The maximum absolute atomic E-state index is 12.3. The Morgan fingerprint density at radius 3 is 1.02 bits per heavy atom. The molecular formula is C59H94O5. The van der Waals surface area contributed by atoms with Gasteiger partial charge in [0.2, 0.25) is 0 Å². The molecule has 360 valence electrons. The standard InChI is InChI=1S/C59H94O5/c1-3-5-7-9-11-13-15-17-19-21-23-25-26-27-28-29-30-31-32-34-36-38-40-42-44-46-48-50-52-54-59(62)64-57(55-60)56-63-58(61)53-51-49-47-45-43-41-39-37-35-33-24-22-20-18-16-14-12-10-8-6-4-2/h5,7,11,13,16-19,22-25,27-28,30-31,34-37,40,42,57,60H,3-4,6,8-10,12,14-15,20-21,26,29,32-33,38-39,41,43-56H2,1-2H3/b7-5-,13-11-,18-16-,19-17-,24-22-,25-23-,28-27-,31-30-,36-34-,37-35-,42-40-. The highest BCUT2D eigenvalue weighted by molar-refractivity contribution is 5.70. The minimum atomic E-state index is -0.803. The van der Waals surface area contributed by atoms with E-state index in [1.807, 2.05) is 0 Å². The summed E-state index contributed by atoms with van der Waals surface area (Å²) in [6.45, 7) is 3.97. The Kier molecular flexibility index (Phi) is 50.1. The zero-order valence-corrected chi connectivity index (χ0v) is 41.0. The van der Waals surface area contributed by atoms with Crippen LogP contribution < -0.4 is 0 Å². The van der Waals surface area contributed by atoms with E-state index in [0.717, 1.165) is 122 Å². The van der Waals surface area contributed by atoms with Gasteiger partial charge in [-0.2, -0.15) is 0 Å². The first-order chi connectivity index (χ1) is 31.6. The molecule has 5 nitrogen and oxygen atoms in total. The summed E-state index contributed by atoms with van der Waals surface area (Å²) < 4.78 is 10.6. The number of allylic oxidation sites excluding steroid dienone is 22. The molecule has 5 heteroatoms. The van der Waals surface area contributed by atoms with Crippen molar-refractivity contribution in [2.45, 2.75) is 213 Å². The second kappa shape index (κ2) is 53.4. The van der Waals surface area contributed by atoms with Crippen molar-refractivity contribution in [2.75, 3.05) is 13.2 Å². The van der Waals surface area contributed by atoms with Crippen LogP contribution in [-0.2, 0) is 19.1 Å². The number of rotatable bonds is 45. The van der Waals surface area contributed by atoms with Crippen LogP contribution in [0.25, 0.3) is 0 Å². The number of aliphatic hydroxyl groups is 1. The molecule has 64 heavy (non-hydrogen) atoms. The predicted molar refractivity (Wildman–Crippen MR) is 278 cm³/mol. The molecule has 0 radical (unpaired) electrons. The first-order valence-electron chi connectivity index (χ1n) is 25.7. The van der Waals surface area contributed by atoms with Crippen molar-refractivity contribution < 1.29 is 24.2 Å². The first-order valence-corrected chi connectivity index (χ1v) is 25.7. The molecule has 0 aliphatic rings. The Bertz CT molecular complexity index is 1370. The molecule has 0 bridgehead atoms. The Balaban J connectivity index is 3.68. The van der Waals surface area contributed by atoms with Gasteiger partial charge in [0.25, 0.3) is 0 Å². The number of carbonyl (C=O) groups is 2. The molecular weight excluding hydrogens is 789 g/mol. The normalized spacial score (nSPS) is 13.4. The number of ether oxygens (including phenoxy) is 2. The lowest BCUT2D eigenvalue weighted by molar-refractivity contribution is -0.161. The van der Waals surface area contributed by atoms with Crippen LogP contribution in [0, 0.1) is 0 Å². The molecule has 0 fully saturated rings. The summed E-state index contributed by atoms with van der Waals surface area (Å²) in [6, 6.07) is 0. The highest BCUT2D eigenvalue weighted by Crippen LogP contribution is 2.12. The van der Waals surface area contributed by atoms with Crippen molar-refractivity contribution in [2.24, 2.45) is 0 Å². The van der Waals surface area contributed by atoms with Crippen LogP contribution in [0.1, 0.15) is 206 Å². The van der Waals surface area contributed by atoms with Crippen LogP contribution in [0.3, 0.4) is 0 Å². The lowest BCUT2D eigenvalue weighted by Crippen LogP contribution is -2.28. The third-order valence-corrected chi connectivity index (χ3v) is 10.4. The van der Waals surface area contributed by atoms with Gasteiger partial charge in [0.15, 0.2) is 6.10 Å². The van der Waals surface area contributed by atoms with E-state index in [4.69, 9.17) is 9.47 Å². The fourth-order valence-corrected chi connectivity index (χ4v) is 6.58. The summed E-state index contributed by atoms with van der Waals surface area (Å²) in [5.74, 6) is -0.645. The van der Waals surface area contributed by atoms with Gasteiger partial charge < -0.3 is 14.6 Å². The molecule has 0 rings (SSSR count). The van der Waals surface area contributed by atoms with Crippen molar-refractivity contribution in [3.63, 3.8) is 0 Å². The van der Waals surface area contributed by atoms with E-state index in [0.29, 0.717) is 12.8 Å². The first kappa shape index (κ1) is 60.0. The molecule has 0 aromatic carbocycles. The van der Waals surface area contributed by atoms with E-state index >= 15 is 0 Å². The van der Waals surface area contributed by atoms with Crippen LogP contribution in [0.15, 0.2) is 134 Å². The van der Waals surface area contributed by atoms with Crippen molar-refractivity contribution in [3.8, 4) is 0 Å². The van der Waals surface area contributed by atoms with Crippen LogP contribution in [0.5, 0.6) is 0 Å². The van der Waals surface area contributed by atoms with Gasteiger partial charge in [0.1, 0.15) is 6.61 Å². The number of carbonyl (C=O) groups excluding carboxylic acids is 2. The van der Waals surface area contributed by atoms with Gasteiger partial charge in [0, 0.05) is 12.8 Å². The lowest BCUT2D eigenvalue weighted by Gasteiger charge is -2.15. The Morgan fingerprint density at radius 2 is 0.672 bits per heavy atom. The van der Waals surface area contributed by atoms with E-state index in [1.54, 1.807) is 0 Å². The average Bonchev–Trinajstić information content (AvgIpc) is 3.30. The van der Waals surface area contributed by atoms with Gasteiger partial charge in [-0.1, -0.05) is 212 Å². The van der Waals surface area contributed by atoms with E-state index in [2.05, 4.69) is 148 Å². The average molecular weight is 883 g/mol. The van der Waals surface area contributed by atoms with Crippen molar-refractivity contribution in [3.05, 3.63) is 134 Å². The molecule has 0 saturated carbocycles. The largest absolute Gasteiger partial charge is 0.462 e. The number of hydrogen-bond acceptors (Lipinski definition) is 5. The van der Waals surface area contributed by atoms with Crippen LogP contribution in [-0.4, -0.2) is 36.4 Å². The Labute approximate surface area is 394 Å². The van der Waals surface area contributed by atoms with Crippen LogP contribution in [0.2, 0.25) is 0 Å². The molecule has 0 saturated heterocycles. The van der Waals surface area contributed by atoms with Crippen LogP contribution >= 0.6 is 0 Å². The monoisotopic (exact) mass is 883 g/mol. The number of aliphatic hydroxyl groups excluding tert-OH is 1. The number of unbranched alkanes of at least 4 members (excludes halogenated alkanes) is 15. The minimum Gasteiger partial charge on any atom is -0.462 e. The highest BCUT2D eigenvalue weighted by atomic mass is 16.6. The van der Waals surface area contributed by atoms with Gasteiger partial charge in [-0.15, -0.1) is 0 Å². The van der Waals surface area contributed by atoms with Gasteiger partial charge in [-0.05, 0) is 116 Å². The van der Waals surface area contributed by atoms with Gasteiger partial charge in [0.05, 0.1) is 6.61 Å². The third-order valence-electron chi connectivity index (χ3n) is 10.4. The zero-order valence-electron chi connectivity index (χ0n) is 41.0. The van der Waals surface area contributed by atoms with Crippen molar-refractivity contribution >= 4 is 11.9 Å². The Hall–Kier alpha value is -3.96. The summed E-state index contributed by atoms with van der Waals surface area (Å²) in [6.07, 6.45) is 79.6. The molecule has 1 unspecified atom stereocenters. The Morgan fingerprint density at radius 1 is 0.375 bits per heavy atom. The molecule has 0 spiro atoms. The van der Waals surface area contributed by atoms with E-state index in [-0.39, 0.29) is 25.2 Å². The SMILES string of the molecule is CC/C=C\C/C=C\C/C=C\C/C=C\C/C=C\C/C=C\C/C=C\C/C=C\CCCCCCC(=O)OC(CO)COC(=O)CCCCCCCC/C=C\C/C=C\C/C=C\CCCCCCC. The topological polar surface area (TPSA) is 72.8 Å². The summed E-state index contributed by atoms with van der Waals surface area (Å²) in [5.41, 5.74) is 0. The minimum absolute atomic E-state index is 0.0925. The molecule has 0 amide bonds. The van der Waals surface area contributed by atoms with E-state index in [1.165, 1.54) is 57.8 Å². The third kappa shape index (κ3) is 50.7. The summed E-state index contributed by atoms with van der Waals surface area (Å²) >= 11 is 0. The van der Waals surface area contributed by atoms with Gasteiger partial charge in [-0.3, -0.25) is 9.59 Å². The summed E-state index contributed by atoms with van der Waals surface area (Å²) in [4.78, 5) is 24.5. The second-order valence-electron chi connectivity index (χ2n) is 16.5. The maximum Gasteiger partial charge on any atom is 0.306 e. The van der Waals surface area contributed by atoms with Crippen molar-refractivity contribution in [1.29, 1.82) is 0 Å². The molecule has 0 heterocycles. The number of esters is 2. The van der Waals surface area contributed by atoms with E-state index in [9.17, 15) is 14.7 Å². The smallest absolute Gasteiger partial charge is 0.306 e. The predicted octanol–water partition coefficient (Wildman–Crippen LogP) is 17.3. The molecule has 0 aromatic rings. The molecule has 0 aliphatic carbocycles. The van der Waals surface area contributed by atoms with Crippen LogP contribution in [0.4, 0.5) is 0 Å². The molecule has 0 aliphatic heterocycles. The molecule has 1 N–H and O–H groups in total. The summed E-state index contributed by atoms with van der Waals surface area (Å²) in [5, 5.41) is 9.63. The zero-order chi connectivity index (χ0) is 46.3. The quantitative estimate of drug-likeness (QED) is 0.0375. The van der Waals surface area contributed by atoms with E-state index < -0.39 is 6.10 Å². The fourth-order valence-electron chi connectivity index (χ4n) is 6.58. The van der Waals surface area contributed by atoms with Gasteiger partial charge >= 0.3 is 11.9 Å².